The molecule has 0 radical (unpaired) electrons. The second-order valence-corrected chi connectivity index (χ2v) is 4.81. The maximum absolute atomic E-state index is 11.6. The molecule has 0 saturated carbocycles. The first kappa shape index (κ1) is 12.5. The fourth-order valence-corrected chi connectivity index (χ4v) is 2.04. The van der Waals surface area contributed by atoms with Crippen molar-refractivity contribution in [1.82, 2.24) is 4.72 Å². The number of sulfonamides is 1. The van der Waals surface area contributed by atoms with Crippen LogP contribution in [0.2, 0.25) is 0 Å². The monoisotopic (exact) mass is 244 g/mol. The summed E-state index contributed by atoms with van der Waals surface area (Å²) in [6, 6.07) is 6.10. The number of rotatable bonds is 5. The molecule has 0 unspecified atom stereocenters. The molecule has 0 saturated heterocycles. The number of aliphatic carboxylic acids is 1. The van der Waals surface area contributed by atoms with Gasteiger partial charge in [-0.3, -0.25) is 4.79 Å². The first-order chi connectivity index (χ1) is 7.47. The van der Waals surface area contributed by atoms with Gasteiger partial charge in [0.2, 0.25) is 10.0 Å². The number of nitrogens with one attached hydrogen (secondary N) is 2. The highest BCUT2D eigenvalue weighted by Crippen LogP contribution is 2.19. The zero-order valence-electron chi connectivity index (χ0n) is 8.60. The van der Waals surface area contributed by atoms with Gasteiger partial charge in [0, 0.05) is 0 Å². The predicted molar refractivity (Wildman–Crippen MR) is 58.8 cm³/mol. The number of carboxylic acids is 1. The van der Waals surface area contributed by atoms with Crippen LogP contribution in [0.1, 0.15) is 0 Å². The summed E-state index contributed by atoms with van der Waals surface area (Å²) >= 11 is 0. The van der Waals surface area contributed by atoms with Crippen molar-refractivity contribution in [2.75, 3.05) is 18.9 Å². The summed E-state index contributed by atoms with van der Waals surface area (Å²) in [5.41, 5.74) is 0.263. The van der Waals surface area contributed by atoms with Gasteiger partial charge in [0.15, 0.2) is 0 Å². The number of hydrogen-bond donors (Lipinski definition) is 3. The Balaban J connectivity index is 3.06. The van der Waals surface area contributed by atoms with Gasteiger partial charge in [-0.2, -0.15) is 0 Å². The highest BCUT2D eigenvalue weighted by molar-refractivity contribution is 7.89. The minimum Gasteiger partial charge on any atom is -0.480 e. The summed E-state index contributed by atoms with van der Waals surface area (Å²) in [5, 5.41) is 11.0. The minimum absolute atomic E-state index is 0.0266. The number of carboxylic acid groups (broad SMARTS) is 1. The summed E-state index contributed by atoms with van der Waals surface area (Å²) < 4.78 is 25.3. The highest BCUT2D eigenvalue weighted by Gasteiger charge is 2.15. The number of carbonyl (C=O) groups is 1. The zero-order valence-corrected chi connectivity index (χ0v) is 9.41. The lowest BCUT2D eigenvalue weighted by Gasteiger charge is -2.10. The Kier molecular flexibility index (Phi) is 3.86. The lowest BCUT2D eigenvalue weighted by Crippen LogP contribution is -2.21. The van der Waals surface area contributed by atoms with Crippen molar-refractivity contribution in [2.24, 2.45) is 0 Å². The zero-order chi connectivity index (χ0) is 12.2. The van der Waals surface area contributed by atoms with Crippen LogP contribution in [0.4, 0.5) is 5.69 Å². The molecule has 0 spiro atoms. The smallest absolute Gasteiger partial charge is 0.322 e. The highest BCUT2D eigenvalue weighted by atomic mass is 32.2. The third-order valence-electron chi connectivity index (χ3n) is 1.88. The Labute approximate surface area is 93.3 Å². The first-order valence-electron chi connectivity index (χ1n) is 4.45. The van der Waals surface area contributed by atoms with Crippen LogP contribution in [-0.4, -0.2) is 33.1 Å². The van der Waals surface area contributed by atoms with Gasteiger partial charge >= 0.3 is 5.97 Å². The van der Waals surface area contributed by atoms with Crippen LogP contribution in [0.25, 0.3) is 0 Å². The standard InChI is InChI=1S/C9H12N2O4S/c1-10-16(14,15)8-5-3-2-4-7(8)11-6-9(12)13/h2-5,10-11H,6H2,1H3,(H,12,13). The molecule has 1 aromatic rings. The first-order valence-corrected chi connectivity index (χ1v) is 5.94. The fourth-order valence-electron chi connectivity index (χ4n) is 1.13. The van der Waals surface area contributed by atoms with Crippen molar-refractivity contribution >= 4 is 21.7 Å². The Hall–Kier alpha value is -1.60. The van der Waals surface area contributed by atoms with Crippen LogP contribution < -0.4 is 10.0 Å². The Morgan fingerprint density at radius 3 is 2.56 bits per heavy atom. The largest absolute Gasteiger partial charge is 0.480 e. The van der Waals surface area contributed by atoms with Crippen molar-refractivity contribution in [1.29, 1.82) is 0 Å². The van der Waals surface area contributed by atoms with Gasteiger partial charge in [0.1, 0.15) is 11.4 Å². The second-order valence-electron chi connectivity index (χ2n) is 2.95. The molecule has 7 heteroatoms. The topological polar surface area (TPSA) is 95.5 Å². The molecule has 16 heavy (non-hydrogen) atoms. The molecule has 0 aliphatic rings. The van der Waals surface area contributed by atoms with E-state index in [2.05, 4.69) is 10.0 Å². The molecule has 88 valence electrons. The van der Waals surface area contributed by atoms with Crippen molar-refractivity contribution < 1.29 is 18.3 Å². The average Bonchev–Trinajstić information content (AvgIpc) is 2.26. The maximum atomic E-state index is 11.6. The van der Waals surface area contributed by atoms with Crippen molar-refractivity contribution in [2.45, 2.75) is 4.90 Å². The lowest BCUT2D eigenvalue weighted by molar-refractivity contribution is -0.134. The number of hydrogen-bond acceptors (Lipinski definition) is 4. The summed E-state index contributed by atoms with van der Waals surface area (Å²) in [6.45, 7) is -0.337. The fraction of sp³-hybridized carbons (Fsp3) is 0.222. The van der Waals surface area contributed by atoms with Crippen LogP contribution >= 0.6 is 0 Å². The predicted octanol–water partition coefficient (Wildman–Crippen LogP) is 0.0912. The van der Waals surface area contributed by atoms with Gasteiger partial charge < -0.3 is 10.4 Å². The third kappa shape index (κ3) is 2.94. The normalized spacial score (nSPS) is 11.1. The van der Waals surface area contributed by atoms with Crippen molar-refractivity contribution in [3.05, 3.63) is 24.3 Å². The van der Waals surface area contributed by atoms with Crippen LogP contribution in [-0.2, 0) is 14.8 Å². The van der Waals surface area contributed by atoms with E-state index in [0.717, 1.165) is 0 Å². The molecule has 0 aliphatic carbocycles. The molecule has 0 aliphatic heterocycles. The van der Waals surface area contributed by atoms with Gasteiger partial charge in [-0.25, -0.2) is 13.1 Å². The van der Waals surface area contributed by atoms with Crippen LogP contribution in [0.3, 0.4) is 0 Å². The molecule has 3 N–H and O–H groups in total. The summed E-state index contributed by atoms with van der Waals surface area (Å²) in [4.78, 5) is 10.4. The Morgan fingerprint density at radius 2 is 2.00 bits per heavy atom. The Morgan fingerprint density at radius 1 is 1.38 bits per heavy atom. The summed E-state index contributed by atoms with van der Waals surface area (Å²) in [7, 11) is -2.29. The van der Waals surface area contributed by atoms with Gasteiger partial charge in [0.25, 0.3) is 0 Å². The van der Waals surface area contributed by atoms with E-state index in [-0.39, 0.29) is 17.1 Å². The SMILES string of the molecule is CNS(=O)(=O)c1ccccc1NCC(=O)O. The molecule has 1 aromatic carbocycles. The molecule has 0 atom stereocenters. The van der Waals surface area contributed by atoms with E-state index >= 15 is 0 Å². The molecule has 0 heterocycles. The van der Waals surface area contributed by atoms with Gasteiger partial charge in [-0.1, -0.05) is 12.1 Å². The molecule has 0 bridgehead atoms. The Bertz CT molecular complexity index is 484. The molecule has 0 aromatic heterocycles. The van der Waals surface area contributed by atoms with E-state index in [0.29, 0.717) is 0 Å². The summed E-state index contributed by atoms with van der Waals surface area (Å²) in [5.74, 6) is -1.06. The molecule has 6 nitrogen and oxygen atoms in total. The molecule has 0 amide bonds. The quantitative estimate of drug-likeness (QED) is 0.682. The third-order valence-corrected chi connectivity index (χ3v) is 3.35. The van der Waals surface area contributed by atoms with E-state index in [9.17, 15) is 13.2 Å². The van der Waals surface area contributed by atoms with E-state index < -0.39 is 16.0 Å². The van der Waals surface area contributed by atoms with E-state index in [4.69, 9.17) is 5.11 Å². The van der Waals surface area contributed by atoms with Gasteiger partial charge in [-0.05, 0) is 19.2 Å². The lowest BCUT2D eigenvalue weighted by atomic mass is 10.3. The number of anilines is 1. The van der Waals surface area contributed by atoms with Gasteiger partial charge in [-0.15, -0.1) is 0 Å². The average molecular weight is 244 g/mol. The molecule has 0 fully saturated rings. The number of para-hydroxylation sites is 1. The van der Waals surface area contributed by atoms with E-state index in [1.807, 2.05) is 0 Å². The van der Waals surface area contributed by atoms with E-state index in [1.54, 1.807) is 12.1 Å². The summed E-state index contributed by atoms with van der Waals surface area (Å²) in [6.07, 6.45) is 0. The van der Waals surface area contributed by atoms with Crippen molar-refractivity contribution in [3.8, 4) is 0 Å². The molecular formula is C9H12N2O4S. The molecule has 1 rings (SSSR count). The van der Waals surface area contributed by atoms with Crippen LogP contribution in [0, 0.1) is 0 Å². The van der Waals surface area contributed by atoms with Crippen LogP contribution in [0.15, 0.2) is 29.2 Å². The van der Waals surface area contributed by atoms with Gasteiger partial charge in [0.05, 0.1) is 5.69 Å². The minimum atomic E-state index is -3.58. The maximum Gasteiger partial charge on any atom is 0.322 e. The second kappa shape index (κ2) is 4.95. The van der Waals surface area contributed by atoms with Crippen molar-refractivity contribution in [3.63, 3.8) is 0 Å². The van der Waals surface area contributed by atoms with Crippen LogP contribution in [0.5, 0.6) is 0 Å². The van der Waals surface area contributed by atoms with E-state index in [1.165, 1.54) is 19.2 Å². The molecular weight excluding hydrogens is 232 g/mol. The number of benzene rings is 1.